The van der Waals surface area contributed by atoms with Crippen LogP contribution in [0.25, 0.3) is 10.9 Å². The summed E-state index contributed by atoms with van der Waals surface area (Å²) in [5, 5.41) is 0.642. The molecule has 0 amide bonds. The van der Waals surface area contributed by atoms with Crippen molar-refractivity contribution in [2.75, 3.05) is 0 Å². The minimum atomic E-state index is -0.949. The first-order valence-electron chi connectivity index (χ1n) is 6.77. The molecule has 0 aliphatic carbocycles. The van der Waals surface area contributed by atoms with Gasteiger partial charge in [0.25, 0.3) is 5.78 Å². The number of hydrogen-bond acceptors (Lipinski definition) is 3. The zero-order valence-electron chi connectivity index (χ0n) is 11.8. The van der Waals surface area contributed by atoms with Crippen LogP contribution in [0.2, 0.25) is 0 Å². The number of carbonyl (C=O) groups excluding carboxylic acids is 2. The largest absolute Gasteiger partial charge is 0.455 e. The van der Waals surface area contributed by atoms with Crippen LogP contribution in [0.4, 0.5) is 4.39 Å². The van der Waals surface area contributed by atoms with E-state index in [9.17, 15) is 14.0 Å². The van der Waals surface area contributed by atoms with Crippen LogP contribution >= 0.6 is 15.9 Å². The van der Waals surface area contributed by atoms with Crippen LogP contribution in [0.5, 0.6) is 0 Å². The lowest BCUT2D eigenvalue weighted by atomic mass is 10.1. The second-order valence-corrected chi connectivity index (χ2v) is 5.84. The molecule has 23 heavy (non-hydrogen) atoms. The Morgan fingerprint density at radius 2 is 1.87 bits per heavy atom. The maximum Gasteiger partial charge on any atom is 0.380 e. The van der Waals surface area contributed by atoms with Gasteiger partial charge in [0.05, 0.1) is 5.56 Å². The summed E-state index contributed by atoms with van der Waals surface area (Å²) < 4.78 is 18.6. The normalized spacial score (nSPS) is 10.7. The first-order chi connectivity index (χ1) is 11.0. The summed E-state index contributed by atoms with van der Waals surface area (Å²) in [5.74, 6) is -2.05. The van der Waals surface area contributed by atoms with Crippen LogP contribution in [0.1, 0.15) is 15.9 Å². The third kappa shape index (κ3) is 3.32. The van der Waals surface area contributed by atoms with E-state index in [1.165, 1.54) is 30.5 Å². The van der Waals surface area contributed by atoms with E-state index in [2.05, 4.69) is 20.9 Å². The molecular formula is C17H11BrFNO3. The number of H-pyrrole nitrogens is 1. The molecule has 1 heterocycles. The summed E-state index contributed by atoms with van der Waals surface area (Å²) in [4.78, 5) is 27.1. The van der Waals surface area contributed by atoms with Gasteiger partial charge < -0.3 is 9.72 Å². The number of hydrogen-bond donors (Lipinski definition) is 1. The maximum absolute atomic E-state index is 12.8. The standard InChI is InChI=1S/C17H11BrFNO3/c18-11-3-6-15-13(7-11)14(8-20-15)16(21)17(22)23-9-10-1-4-12(19)5-2-10/h1-8,20H,9H2. The molecule has 116 valence electrons. The highest BCUT2D eigenvalue weighted by Crippen LogP contribution is 2.23. The van der Waals surface area contributed by atoms with Gasteiger partial charge in [0.1, 0.15) is 12.4 Å². The van der Waals surface area contributed by atoms with E-state index in [0.29, 0.717) is 10.9 Å². The highest BCUT2D eigenvalue weighted by atomic mass is 79.9. The number of benzene rings is 2. The molecule has 0 bridgehead atoms. The summed E-state index contributed by atoms with van der Waals surface area (Å²) in [6.45, 7) is -0.0864. The Kier molecular flexibility index (Phi) is 4.25. The highest BCUT2D eigenvalue weighted by molar-refractivity contribution is 9.10. The van der Waals surface area contributed by atoms with Crippen molar-refractivity contribution >= 4 is 38.6 Å². The fourth-order valence-corrected chi connectivity index (χ4v) is 2.55. The number of aromatic nitrogens is 1. The average molecular weight is 376 g/mol. The van der Waals surface area contributed by atoms with E-state index >= 15 is 0 Å². The Hall–Kier alpha value is -2.47. The fourth-order valence-electron chi connectivity index (χ4n) is 2.19. The van der Waals surface area contributed by atoms with Gasteiger partial charge in [0.2, 0.25) is 0 Å². The van der Waals surface area contributed by atoms with Crippen molar-refractivity contribution in [2.45, 2.75) is 6.61 Å². The van der Waals surface area contributed by atoms with E-state index < -0.39 is 11.8 Å². The van der Waals surface area contributed by atoms with Gasteiger partial charge in [-0.1, -0.05) is 28.1 Å². The van der Waals surface area contributed by atoms with E-state index in [1.807, 2.05) is 6.07 Å². The number of halogens is 2. The molecule has 0 aliphatic rings. The number of Topliss-reactive ketones (excluding diaryl/α,β-unsaturated/α-hetero) is 1. The van der Waals surface area contributed by atoms with Crippen molar-refractivity contribution in [3.63, 3.8) is 0 Å². The minimum absolute atomic E-state index is 0.0864. The molecule has 1 aromatic heterocycles. The lowest BCUT2D eigenvalue weighted by Crippen LogP contribution is -2.17. The van der Waals surface area contributed by atoms with Crippen LogP contribution in [0.15, 0.2) is 53.1 Å². The van der Waals surface area contributed by atoms with E-state index in [1.54, 1.807) is 12.1 Å². The predicted molar refractivity (Wildman–Crippen MR) is 86.5 cm³/mol. The monoisotopic (exact) mass is 375 g/mol. The van der Waals surface area contributed by atoms with Crippen LogP contribution < -0.4 is 0 Å². The molecule has 4 nitrogen and oxygen atoms in total. The lowest BCUT2D eigenvalue weighted by molar-refractivity contribution is -0.139. The van der Waals surface area contributed by atoms with Crippen molar-refractivity contribution in [1.29, 1.82) is 0 Å². The molecule has 0 fully saturated rings. The lowest BCUT2D eigenvalue weighted by Gasteiger charge is -2.04. The summed E-state index contributed by atoms with van der Waals surface area (Å²) in [7, 11) is 0. The summed E-state index contributed by atoms with van der Waals surface area (Å²) in [6.07, 6.45) is 1.48. The predicted octanol–water partition coefficient (Wildman–Crippen LogP) is 4.00. The van der Waals surface area contributed by atoms with E-state index in [4.69, 9.17) is 4.74 Å². The molecule has 1 N–H and O–H groups in total. The zero-order chi connectivity index (χ0) is 16.4. The van der Waals surface area contributed by atoms with Crippen molar-refractivity contribution in [1.82, 2.24) is 4.98 Å². The van der Waals surface area contributed by atoms with E-state index in [0.717, 1.165) is 9.99 Å². The molecule has 0 saturated carbocycles. The van der Waals surface area contributed by atoms with E-state index in [-0.39, 0.29) is 18.0 Å². The number of ether oxygens (including phenoxy) is 1. The molecule has 0 radical (unpaired) electrons. The number of esters is 1. The van der Waals surface area contributed by atoms with Gasteiger partial charge >= 0.3 is 5.97 Å². The summed E-state index contributed by atoms with van der Waals surface area (Å²) in [5.41, 5.74) is 1.61. The molecular weight excluding hydrogens is 365 g/mol. The van der Waals surface area contributed by atoms with Gasteiger partial charge in [-0.2, -0.15) is 0 Å². The summed E-state index contributed by atoms with van der Waals surface area (Å²) in [6, 6.07) is 10.9. The number of fused-ring (bicyclic) bond motifs is 1. The first-order valence-corrected chi connectivity index (χ1v) is 7.56. The minimum Gasteiger partial charge on any atom is -0.455 e. The first kappa shape index (κ1) is 15.4. The van der Waals surface area contributed by atoms with Crippen molar-refractivity contribution < 1.29 is 18.7 Å². The molecule has 0 saturated heterocycles. The molecule has 6 heteroatoms. The van der Waals surface area contributed by atoms with Crippen molar-refractivity contribution in [3.8, 4) is 0 Å². The molecule has 0 spiro atoms. The van der Waals surface area contributed by atoms with Crippen molar-refractivity contribution in [2.24, 2.45) is 0 Å². The van der Waals surface area contributed by atoms with Gasteiger partial charge in [-0.05, 0) is 35.9 Å². The van der Waals surface area contributed by atoms with Crippen molar-refractivity contribution in [3.05, 3.63) is 70.1 Å². The Morgan fingerprint density at radius 3 is 2.61 bits per heavy atom. The number of ketones is 1. The Bertz CT molecular complexity index is 886. The van der Waals surface area contributed by atoms with Crippen LogP contribution in [-0.4, -0.2) is 16.7 Å². The number of nitrogens with one attached hydrogen (secondary N) is 1. The maximum atomic E-state index is 12.8. The molecule has 2 aromatic carbocycles. The van der Waals surface area contributed by atoms with Crippen LogP contribution in [-0.2, 0) is 16.1 Å². The average Bonchev–Trinajstić information content (AvgIpc) is 2.96. The van der Waals surface area contributed by atoms with Gasteiger partial charge in [0, 0.05) is 21.6 Å². The Balaban J connectivity index is 1.75. The van der Waals surface area contributed by atoms with Gasteiger partial charge in [-0.15, -0.1) is 0 Å². The second-order valence-electron chi connectivity index (χ2n) is 4.92. The summed E-state index contributed by atoms with van der Waals surface area (Å²) >= 11 is 3.33. The van der Waals surface area contributed by atoms with Gasteiger partial charge in [-0.25, -0.2) is 9.18 Å². The Labute approximate surface area is 139 Å². The van der Waals surface area contributed by atoms with Gasteiger partial charge in [-0.3, -0.25) is 4.79 Å². The third-order valence-electron chi connectivity index (χ3n) is 3.36. The molecule has 3 aromatic rings. The molecule has 0 atom stereocenters. The molecule has 0 unspecified atom stereocenters. The highest BCUT2D eigenvalue weighted by Gasteiger charge is 2.21. The Morgan fingerprint density at radius 1 is 1.13 bits per heavy atom. The topological polar surface area (TPSA) is 59.2 Å². The number of rotatable bonds is 4. The smallest absolute Gasteiger partial charge is 0.380 e. The number of carbonyl (C=O) groups is 2. The van der Waals surface area contributed by atoms with Gasteiger partial charge in [0.15, 0.2) is 0 Å². The zero-order valence-corrected chi connectivity index (χ0v) is 13.4. The third-order valence-corrected chi connectivity index (χ3v) is 3.85. The fraction of sp³-hybridized carbons (Fsp3) is 0.0588. The molecule has 0 aliphatic heterocycles. The number of aromatic amines is 1. The van der Waals surface area contributed by atoms with Crippen LogP contribution in [0.3, 0.4) is 0 Å². The van der Waals surface area contributed by atoms with Crippen LogP contribution in [0, 0.1) is 5.82 Å². The molecule has 3 rings (SSSR count). The second kappa shape index (κ2) is 6.34. The quantitative estimate of drug-likeness (QED) is 0.426. The SMILES string of the molecule is O=C(OCc1ccc(F)cc1)C(=O)c1c[nH]c2ccc(Br)cc12.